The van der Waals surface area contributed by atoms with E-state index in [2.05, 4.69) is 10.0 Å². The molecule has 1 fully saturated rings. The number of sulfonamides is 1. The van der Waals surface area contributed by atoms with Gasteiger partial charge in [-0.1, -0.05) is 6.07 Å². The summed E-state index contributed by atoms with van der Waals surface area (Å²) in [4.78, 5) is 11.4. The quantitative estimate of drug-likeness (QED) is 0.754. The molecule has 6 nitrogen and oxygen atoms in total. The minimum Gasteiger partial charge on any atom is -0.366 e. The predicted molar refractivity (Wildman–Crippen MR) is 80.5 cm³/mol. The maximum Gasteiger partial charge on any atom is 0.249 e. The number of hydrogen-bond donors (Lipinski definition) is 3. The van der Waals surface area contributed by atoms with Crippen LogP contribution >= 0.6 is 0 Å². The lowest BCUT2D eigenvalue weighted by Gasteiger charge is -2.30. The van der Waals surface area contributed by atoms with Gasteiger partial charge in [-0.15, -0.1) is 0 Å². The van der Waals surface area contributed by atoms with Gasteiger partial charge in [0.25, 0.3) is 0 Å². The summed E-state index contributed by atoms with van der Waals surface area (Å²) < 4.78 is 27.6. The summed E-state index contributed by atoms with van der Waals surface area (Å²) in [7, 11) is -3.66. The number of carbonyl (C=O) groups excluding carboxylic acids is 1. The minimum atomic E-state index is -3.66. The fourth-order valence-electron chi connectivity index (χ4n) is 2.51. The second-order valence-electron chi connectivity index (χ2n) is 5.45. The van der Waals surface area contributed by atoms with Gasteiger partial charge < -0.3 is 11.1 Å². The highest BCUT2D eigenvalue weighted by Gasteiger charge is 2.27. The fraction of sp³-hybridized carbons (Fsp3) is 0.500. The SMILES string of the molecule is Cc1ccc(S(=O)(=O)NC2CCCNC2C)cc1C(N)=O. The summed E-state index contributed by atoms with van der Waals surface area (Å²) in [5.74, 6) is -0.628. The second kappa shape index (κ2) is 6.13. The Hall–Kier alpha value is -1.44. The number of benzene rings is 1. The van der Waals surface area contributed by atoms with Gasteiger partial charge in [0.05, 0.1) is 4.90 Å². The first-order chi connectivity index (χ1) is 9.81. The topological polar surface area (TPSA) is 101 Å². The van der Waals surface area contributed by atoms with Crippen LogP contribution in [0.3, 0.4) is 0 Å². The lowest BCUT2D eigenvalue weighted by atomic mass is 10.0. The minimum absolute atomic E-state index is 0.0691. The molecule has 1 saturated heterocycles. The lowest BCUT2D eigenvalue weighted by molar-refractivity contribution is 0.0999. The van der Waals surface area contributed by atoms with E-state index in [9.17, 15) is 13.2 Å². The summed E-state index contributed by atoms with van der Waals surface area (Å²) in [5.41, 5.74) is 6.16. The molecule has 1 amide bonds. The molecule has 4 N–H and O–H groups in total. The molecule has 2 rings (SSSR count). The van der Waals surface area contributed by atoms with Crippen molar-refractivity contribution in [2.24, 2.45) is 5.73 Å². The van der Waals surface area contributed by atoms with Gasteiger partial charge in [0.2, 0.25) is 15.9 Å². The van der Waals surface area contributed by atoms with Gasteiger partial charge in [0.15, 0.2) is 0 Å². The van der Waals surface area contributed by atoms with Crippen LogP contribution in [0, 0.1) is 6.92 Å². The summed E-state index contributed by atoms with van der Waals surface area (Å²) >= 11 is 0. The zero-order valence-corrected chi connectivity index (χ0v) is 13.0. The molecule has 7 heteroatoms. The van der Waals surface area contributed by atoms with Crippen molar-refractivity contribution in [1.82, 2.24) is 10.0 Å². The predicted octanol–water partition coefficient (Wildman–Crippen LogP) is 0.513. The molecule has 1 aromatic carbocycles. The van der Waals surface area contributed by atoms with E-state index < -0.39 is 15.9 Å². The van der Waals surface area contributed by atoms with E-state index in [1.54, 1.807) is 13.0 Å². The number of amides is 1. The molecule has 2 unspecified atom stereocenters. The monoisotopic (exact) mass is 311 g/mol. The van der Waals surface area contributed by atoms with Crippen molar-refractivity contribution >= 4 is 15.9 Å². The highest BCUT2D eigenvalue weighted by Crippen LogP contribution is 2.17. The molecule has 0 spiro atoms. The zero-order valence-electron chi connectivity index (χ0n) is 12.2. The Kier molecular flexibility index (Phi) is 4.65. The number of aryl methyl sites for hydroxylation is 1. The van der Waals surface area contributed by atoms with Crippen LogP contribution in [0.15, 0.2) is 23.1 Å². The van der Waals surface area contributed by atoms with E-state index in [1.165, 1.54) is 12.1 Å². The molecule has 21 heavy (non-hydrogen) atoms. The summed E-state index contributed by atoms with van der Waals surface area (Å²) in [6.07, 6.45) is 1.72. The third-order valence-electron chi connectivity index (χ3n) is 3.85. The van der Waals surface area contributed by atoms with Crippen LogP contribution in [0.25, 0.3) is 0 Å². The number of carbonyl (C=O) groups is 1. The van der Waals surface area contributed by atoms with Crippen molar-refractivity contribution in [3.05, 3.63) is 29.3 Å². The van der Waals surface area contributed by atoms with Crippen LogP contribution in [0.4, 0.5) is 0 Å². The molecule has 116 valence electrons. The fourth-order valence-corrected chi connectivity index (χ4v) is 3.88. The Morgan fingerprint density at radius 2 is 2.14 bits per heavy atom. The Balaban J connectivity index is 2.27. The van der Waals surface area contributed by atoms with Gasteiger partial charge in [-0.3, -0.25) is 4.79 Å². The zero-order chi connectivity index (χ0) is 15.6. The number of piperidine rings is 1. The average molecular weight is 311 g/mol. The number of nitrogens with one attached hydrogen (secondary N) is 2. The van der Waals surface area contributed by atoms with E-state index in [1.807, 2.05) is 6.92 Å². The molecule has 1 aliphatic heterocycles. The normalized spacial score (nSPS) is 23.0. The van der Waals surface area contributed by atoms with Gasteiger partial charge in [-0.25, -0.2) is 13.1 Å². The third kappa shape index (κ3) is 3.61. The average Bonchev–Trinajstić information content (AvgIpc) is 2.41. The standard InChI is InChI=1S/C14H21N3O3S/c1-9-5-6-11(8-12(9)14(15)18)21(19,20)17-13-4-3-7-16-10(13)2/h5-6,8,10,13,16-17H,3-4,7H2,1-2H3,(H2,15,18). The van der Waals surface area contributed by atoms with Gasteiger partial charge in [0.1, 0.15) is 0 Å². The van der Waals surface area contributed by atoms with E-state index >= 15 is 0 Å². The van der Waals surface area contributed by atoms with Crippen molar-refractivity contribution in [2.75, 3.05) is 6.54 Å². The van der Waals surface area contributed by atoms with Crippen molar-refractivity contribution in [3.63, 3.8) is 0 Å². The van der Waals surface area contributed by atoms with E-state index in [-0.39, 0.29) is 22.5 Å². The molecule has 1 heterocycles. The van der Waals surface area contributed by atoms with E-state index in [0.717, 1.165) is 19.4 Å². The van der Waals surface area contributed by atoms with Crippen molar-refractivity contribution < 1.29 is 13.2 Å². The highest BCUT2D eigenvalue weighted by molar-refractivity contribution is 7.89. The molecule has 1 aromatic rings. The maximum absolute atomic E-state index is 12.4. The summed E-state index contributed by atoms with van der Waals surface area (Å²) in [5, 5.41) is 3.24. The van der Waals surface area contributed by atoms with Crippen LogP contribution in [0.5, 0.6) is 0 Å². The molecular formula is C14H21N3O3S. The van der Waals surface area contributed by atoms with Gasteiger partial charge in [-0.2, -0.15) is 0 Å². The Labute approximate surface area is 125 Å². The molecule has 0 aromatic heterocycles. The van der Waals surface area contributed by atoms with Gasteiger partial charge in [0, 0.05) is 17.6 Å². The molecular weight excluding hydrogens is 290 g/mol. The van der Waals surface area contributed by atoms with Crippen LogP contribution in [0.1, 0.15) is 35.7 Å². The van der Waals surface area contributed by atoms with E-state index in [4.69, 9.17) is 5.73 Å². The second-order valence-corrected chi connectivity index (χ2v) is 7.17. The summed E-state index contributed by atoms with van der Waals surface area (Å²) in [6, 6.07) is 4.35. The first-order valence-corrected chi connectivity index (χ1v) is 8.46. The summed E-state index contributed by atoms with van der Waals surface area (Å²) in [6.45, 7) is 4.57. The number of nitrogens with two attached hydrogens (primary N) is 1. The van der Waals surface area contributed by atoms with E-state index in [0.29, 0.717) is 5.56 Å². The van der Waals surface area contributed by atoms with Crippen LogP contribution in [-0.4, -0.2) is 33.0 Å². The molecule has 0 radical (unpaired) electrons. The lowest BCUT2D eigenvalue weighted by Crippen LogP contribution is -2.51. The van der Waals surface area contributed by atoms with Crippen molar-refractivity contribution in [3.8, 4) is 0 Å². The van der Waals surface area contributed by atoms with Crippen LogP contribution < -0.4 is 15.8 Å². The number of rotatable bonds is 4. The highest BCUT2D eigenvalue weighted by atomic mass is 32.2. The van der Waals surface area contributed by atoms with Gasteiger partial charge >= 0.3 is 0 Å². The first-order valence-electron chi connectivity index (χ1n) is 6.97. The molecule has 0 saturated carbocycles. The molecule has 0 bridgehead atoms. The Bertz CT molecular complexity index is 643. The molecule has 2 atom stereocenters. The smallest absolute Gasteiger partial charge is 0.249 e. The number of hydrogen-bond acceptors (Lipinski definition) is 4. The number of primary amides is 1. The van der Waals surface area contributed by atoms with Crippen LogP contribution in [0.2, 0.25) is 0 Å². The molecule has 1 aliphatic rings. The van der Waals surface area contributed by atoms with Crippen molar-refractivity contribution in [2.45, 2.75) is 43.7 Å². The third-order valence-corrected chi connectivity index (χ3v) is 5.34. The first kappa shape index (κ1) is 15.9. The maximum atomic E-state index is 12.4. The Morgan fingerprint density at radius 3 is 2.76 bits per heavy atom. The molecule has 0 aliphatic carbocycles. The van der Waals surface area contributed by atoms with Crippen molar-refractivity contribution in [1.29, 1.82) is 0 Å². The van der Waals surface area contributed by atoms with Crippen LogP contribution in [-0.2, 0) is 10.0 Å². The van der Waals surface area contributed by atoms with Gasteiger partial charge in [-0.05, 0) is 50.9 Å². The Morgan fingerprint density at radius 1 is 1.43 bits per heavy atom. The largest absolute Gasteiger partial charge is 0.366 e.